The van der Waals surface area contributed by atoms with Gasteiger partial charge in [0.1, 0.15) is 9.77 Å². The summed E-state index contributed by atoms with van der Waals surface area (Å²) < 4.78 is 34.8. The standard InChI is InChI=1S/C28H31ClN2O4S2/c1-18-14-25(36-27(18)28(32)35-3)21-15-26-23(16-22(21)29)31(20-12-8-5-9-13-20)17-24(30(2)37(26,33)34)19-10-6-4-7-11-19/h5,8-9,12-16,19,24H,4,6-7,10-11,17H2,1-3H3/t24-/m0/s1. The van der Waals surface area contributed by atoms with E-state index in [1.165, 1.54) is 24.9 Å². The zero-order valence-corrected chi connectivity index (χ0v) is 23.6. The van der Waals surface area contributed by atoms with Crippen molar-refractivity contribution in [3.63, 3.8) is 0 Å². The van der Waals surface area contributed by atoms with Crippen LogP contribution in [-0.2, 0) is 14.8 Å². The van der Waals surface area contributed by atoms with E-state index in [1.54, 1.807) is 23.5 Å². The van der Waals surface area contributed by atoms with E-state index in [0.717, 1.165) is 41.8 Å². The van der Waals surface area contributed by atoms with Gasteiger partial charge in [-0.1, -0.05) is 49.1 Å². The highest BCUT2D eigenvalue weighted by Crippen LogP contribution is 2.46. The minimum atomic E-state index is -3.82. The number of sulfonamides is 1. The fraction of sp³-hybridized carbons (Fsp3) is 0.393. The molecule has 37 heavy (non-hydrogen) atoms. The number of likely N-dealkylation sites (N-methyl/N-ethyl adjacent to an activating group) is 1. The molecular weight excluding hydrogens is 528 g/mol. The van der Waals surface area contributed by atoms with Crippen LogP contribution in [0, 0.1) is 12.8 Å². The van der Waals surface area contributed by atoms with E-state index in [2.05, 4.69) is 4.90 Å². The number of anilines is 2. The first-order valence-electron chi connectivity index (χ1n) is 12.6. The summed E-state index contributed by atoms with van der Waals surface area (Å²) >= 11 is 8.10. The highest BCUT2D eigenvalue weighted by molar-refractivity contribution is 7.89. The Kier molecular flexibility index (Phi) is 7.38. The monoisotopic (exact) mass is 558 g/mol. The van der Waals surface area contributed by atoms with Crippen molar-refractivity contribution in [2.45, 2.75) is 50.0 Å². The fourth-order valence-corrected chi connectivity index (χ4v) is 8.65. The third kappa shape index (κ3) is 4.80. The SMILES string of the molecule is COC(=O)c1sc(-c2cc3c(cc2Cl)N(c2ccccc2)C[C@@H](C2CCCCC2)N(C)S3(=O)=O)cc1C. The summed E-state index contributed by atoms with van der Waals surface area (Å²) in [6, 6.07) is 15.0. The predicted octanol–water partition coefficient (Wildman–Crippen LogP) is 6.88. The molecule has 2 heterocycles. The van der Waals surface area contributed by atoms with Crippen molar-refractivity contribution in [1.29, 1.82) is 0 Å². The lowest BCUT2D eigenvalue weighted by Crippen LogP contribution is -2.46. The molecule has 5 rings (SSSR count). The first kappa shape index (κ1) is 26.2. The molecular formula is C28H31ClN2O4S2. The zero-order valence-electron chi connectivity index (χ0n) is 21.2. The first-order valence-corrected chi connectivity index (χ1v) is 15.2. The molecule has 0 saturated heterocycles. The number of benzene rings is 2. The average molecular weight is 559 g/mol. The van der Waals surface area contributed by atoms with Crippen molar-refractivity contribution < 1.29 is 17.9 Å². The van der Waals surface area contributed by atoms with Crippen LogP contribution < -0.4 is 4.90 Å². The maximum atomic E-state index is 14.2. The Morgan fingerprint density at radius 3 is 2.46 bits per heavy atom. The second kappa shape index (κ2) is 10.4. The molecule has 9 heteroatoms. The van der Waals surface area contributed by atoms with Gasteiger partial charge in [0.05, 0.1) is 17.8 Å². The largest absolute Gasteiger partial charge is 0.465 e. The molecule has 1 fully saturated rings. The van der Waals surface area contributed by atoms with Gasteiger partial charge in [0, 0.05) is 35.8 Å². The van der Waals surface area contributed by atoms with Crippen LogP contribution in [0.1, 0.15) is 47.3 Å². The van der Waals surface area contributed by atoms with Crippen LogP contribution in [0.15, 0.2) is 53.4 Å². The van der Waals surface area contributed by atoms with Crippen molar-refractivity contribution in [3.05, 3.63) is 64.0 Å². The summed E-state index contributed by atoms with van der Waals surface area (Å²) in [7, 11) is -0.761. The average Bonchev–Trinajstić information content (AvgIpc) is 3.27. The van der Waals surface area contributed by atoms with E-state index in [4.69, 9.17) is 16.3 Å². The van der Waals surface area contributed by atoms with Crippen LogP contribution in [0.4, 0.5) is 11.4 Å². The maximum absolute atomic E-state index is 14.2. The number of carbonyl (C=O) groups is 1. The van der Waals surface area contributed by atoms with Gasteiger partial charge in [-0.05, 0) is 61.6 Å². The Bertz CT molecular complexity index is 1420. The van der Waals surface area contributed by atoms with Crippen molar-refractivity contribution in [3.8, 4) is 10.4 Å². The van der Waals surface area contributed by atoms with Crippen molar-refractivity contribution in [2.24, 2.45) is 5.92 Å². The predicted molar refractivity (Wildman–Crippen MR) is 150 cm³/mol. The quantitative estimate of drug-likeness (QED) is 0.326. The molecule has 0 amide bonds. The summed E-state index contributed by atoms with van der Waals surface area (Å²) in [6.45, 7) is 2.39. The number of nitrogens with zero attached hydrogens (tertiary/aromatic N) is 2. The highest BCUT2D eigenvalue weighted by Gasteiger charge is 2.41. The van der Waals surface area contributed by atoms with Crippen molar-refractivity contribution in [1.82, 2.24) is 4.31 Å². The second-order valence-electron chi connectivity index (χ2n) is 9.85. The third-order valence-corrected chi connectivity index (χ3v) is 11.1. The van der Waals surface area contributed by atoms with Gasteiger partial charge in [0.15, 0.2) is 0 Å². The van der Waals surface area contributed by atoms with E-state index >= 15 is 0 Å². The lowest BCUT2D eigenvalue weighted by molar-refractivity contribution is 0.0605. The number of rotatable bonds is 4. The lowest BCUT2D eigenvalue weighted by atomic mass is 9.83. The molecule has 1 atom stereocenters. The van der Waals surface area contributed by atoms with Gasteiger partial charge in [0.2, 0.25) is 10.0 Å². The normalized spacial score (nSPS) is 20.3. The van der Waals surface area contributed by atoms with Crippen LogP contribution in [0.2, 0.25) is 5.02 Å². The van der Waals surface area contributed by atoms with Crippen molar-refractivity contribution >= 4 is 50.3 Å². The smallest absolute Gasteiger partial charge is 0.348 e. The van der Waals surface area contributed by atoms with Gasteiger partial charge in [-0.25, -0.2) is 13.2 Å². The summed E-state index contributed by atoms with van der Waals surface area (Å²) in [5.41, 5.74) is 2.86. The minimum Gasteiger partial charge on any atom is -0.465 e. The summed E-state index contributed by atoms with van der Waals surface area (Å²) in [4.78, 5) is 15.8. The number of methoxy groups -OCH3 is 1. The molecule has 0 bridgehead atoms. The number of fused-ring (bicyclic) bond motifs is 1. The number of thiophene rings is 1. The first-order chi connectivity index (χ1) is 17.7. The number of hydrogen-bond donors (Lipinski definition) is 0. The minimum absolute atomic E-state index is 0.157. The van der Waals surface area contributed by atoms with Gasteiger partial charge in [-0.3, -0.25) is 0 Å². The Hall–Kier alpha value is -2.39. The Morgan fingerprint density at radius 2 is 1.78 bits per heavy atom. The van der Waals surface area contributed by atoms with E-state index in [-0.39, 0.29) is 10.9 Å². The zero-order chi connectivity index (χ0) is 26.3. The number of aryl methyl sites for hydroxylation is 1. The number of hydrogen-bond acceptors (Lipinski definition) is 6. The molecule has 0 N–H and O–H groups in total. The number of ether oxygens (including phenoxy) is 1. The van der Waals surface area contributed by atoms with E-state index in [1.807, 2.05) is 43.3 Å². The van der Waals surface area contributed by atoms with Crippen LogP contribution >= 0.6 is 22.9 Å². The summed E-state index contributed by atoms with van der Waals surface area (Å²) in [5.74, 6) is -0.121. The Morgan fingerprint density at radius 1 is 1.08 bits per heavy atom. The van der Waals surface area contributed by atoms with Gasteiger partial charge in [-0.15, -0.1) is 11.3 Å². The van der Waals surface area contributed by atoms with Gasteiger partial charge >= 0.3 is 5.97 Å². The third-order valence-electron chi connectivity index (χ3n) is 7.65. The highest BCUT2D eigenvalue weighted by atomic mass is 35.5. The fourth-order valence-electron chi connectivity index (χ4n) is 5.61. The molecule has 0 radical (unpaired) electrons. The molecule has 1 aliphatic heterocycles. The molecule has 0 unspecified atom stereocenters. The molecule has 1 aromatic heterocycles. The van der Waals surface area contributed by atoms with E-state index in [9.17, 15) is 13.2 Å². The molecule has 2 aromatic carbocycles. The molecule has 1 saturated carbocycles. The summed E-state index contributed by atoms with van der Waals surface area (Å²) in [6.07, 6.45) is 5.52. The maximum Gasteiger partial charge on any atom is 0.348 e. The van der Waals surface area contributed by atoms with Gasteiger partial charge in [-0.2, -0.15) is 4.31 Å². The van der Waals surface area contributed by atoms with Gasteiger partial charge < -0.3 is 9.64 Å². The van der Waals surface area contributed by atoms with Crippen molar-refractivity contribution in [2.75, 3.05) is 25.6 Å². The molecule has 6 nitrogen and oxygen atoms in total. The summed E-state index contributed by atoms with van der Waals surface area (Å²) in [5, 5.41) is 0.436. The van der Waals surface area contributed by atoms with Gasteiger partial charge in [0.25, 0.3) is 0 Å². The number of esters is 1. The molecule has 0 spiro atoms. The van der Waals surface area contributed by atoms with Crippen LogP contribution in [0.25, 0.3) is 10.4 Å². The lowest BCUT2D eigenvalue weighted by Gasteiger charge is -2.36. The second-order valence-corrected chi connectivity index (χ2v) is 13.3. The van der Waals surface area contributed by atoms with Crippen LogP contribution in [-0.4, -0.2) is 45.4 Å². The number of carbonyl (C=O) groups excluding carboxylic acids is 1. The van der Waals surface area contributed by atoms with Crippen LogP contribution in [0.5, 0.6) is 0 Å². The topological polar surface area (TPSA) is 66.9 Å². The molecule has 196 valence electrons. The molecule has 1 aliphatic carbocycles. The number of para-hydroxylation sites is 1. The number of halogens is 1. The molecule has 3 aromatic rings. The molecule has 2 aliphatic rings. The van der Waals surface area contributed by atoms with Crippen LogP contribution in [0.3, 0.4) is 0 Å². The van der Waals surface area contributed by atoms with E-state index < -0.39 is 16.0 Å². The van der Waals surface area contributed by atoms with E-state index in [0.29, 0.717) is 33.6 Å². The Balaban J connectivity index is 1.69. The Labute approximate surface area is 227 Å².